The zero-order valence-electron chi connectivity index (χ0n) is 17.7. The Hall–Kier alpha value is -3.87. The standard InChI is InChI=1S/C24H23NO6/c1-15-5-7-16(8-6-15)21-19(23(27)30-3)13-25(14-20(21)24(28)31-4)18-11-9-17(10-12-18)22(26)29-2/h5-14,21H,1-4H3. The number of carbonyl (C=O) groups excluding carboxylic acids is 3. The highest BCUT2D eigenvalue weighted by Crippen LogP contribution is 2.38. The van der Waals surface area contributed by atoms with E-state index in [-0.39, 0.29) is 11.1 Å². The van der Waals surface area contributed by atoms with Gasteiger partial charge in [0.25, 0.3) is 0 Å². The van der Waals surface area contributed by atoms with Crippen LogP contribution >= 0.6 is 0 Å². The number of hydrogen-bond donors (Lipinski definition) is 0. The maximum Gasteiger partial charge on any atom is 0.337 e. The average molecular weight is 421 g/mol. The number of carbonyl (C=O) groups is 3. The summed E-state index contributed by atoms with van der Waals surface area (Å²) in [6, 6.07) is 14.1. The van der Waals surface area contributed by atoms with Gasteiger partial charge in [-0.1, -0.05) is 29.8 Å². The van der Waals surface area contributed by atoms with Crippen LogP contribution in [0, 0.1) is 6.92 Å². The number of esters is 3. The van der Waals surface area contributed by atoms with Crippen molar-refractivity contribution in [3.63, 3.8) is 0 Å². The molecule has 160 valence electrons. The summed E-state index contributed by atoms with van der Waals surface area (Å²) >= 11 is 0. The maximum atomic E-state index is 12.7. The molecule has 1 aliphatic heterocycles. The average Bonchev–Trinajstić information content (AvgIpc) is 2.82. The monoisotopic (exact) mass is 421 g/mol. The zero-order valence-corrected chi connectivity index (χ0v) is 17.7. The van der Waals surface area contributed by atoms with E-state index in [1.807, 2.05) is 31.2 Å². The Labute approximate surface area is 180 Å². The van der Waals surface area contributed by atoms with Crippen molar-refractivity contribution in [2.75, 3.05) is 26.2 Å². The highest BCUT2D eigenvalue weighted by atomic mass is 16.5. The minimum atomic E-state index is -0.647. The topological polar surface area (TPSA) is 82.1 Å². The molecule has 0 radical (unpaired) electrons. The second kappa shape index (κ2) is 9.30. The van der Waals surface area contributed by atoms with E-state index in [4.69, 9.17) is 14.2 Å². The number of aryl methyl sites for hydroxylation is 1. The fourth-order valence-corrected chi connectivity index (χ4v) is 3.38. The van der Waals surface area contributed by atoms with Crippen LogP contribution in [0.5, 0.6) is 0 Å². The molecule has 0 fully saturated rings. The molecule has 1 aliphatic rings. The number of nitrogens with zero attached hydrogens (tertiary/aromatic N) is 1. The lowest BCUT2D eigenvalue weighted by atomic mass is 9.83. The van der Waals surface area contributed by atoms with E-state index in [2.05, 4.69) is 0 Å². The summed E-state index contributed by atoms with van der Waals surface area (Å²) in [6.45, 7) is 1.96. The van der Waals surface area contributed by atoms with E-state index >= 15 is 0 Å². The molecule has 0 amide bonds. The van der Waals surface area contributed by atoms with Crippen LogP contribution < -0.4 is 4.90 Å². The maximum absolute atomic E-state index is 12.7. The molecule has 0 unspecified atom stereocenters. The summed E-state index contributed by atoms with van der Waals surface area (Å²) in [6.07, 6.45) is 3.24. The van der Waals surface area contributed by atoms with Gasteiger partial charge in [-0.2, -0.15) is 0 Å². The van der Waals surface area contributed by atoms with E-state index in [9.17, 15) is 14.4 Å². The van der Waals surface area contributed by atoms with Crippen LogP contribution in [0.2, 0.25) is 0 Å². The molecule has 0 spiro atoms. The molecular formula is C24H23NO6. The molecule has 2 aromatic rings. The van der Waals surface area contributed by atoms with Crippen molar-refractivity contribution < 1.29 is 28.6 Å². The third-order valence-corrected chi connectivity index (χ3v) is 5.02. The predicted octanol–water partition coefficient (Wildman–Crippen LogP) is 3.50. The van der Waals surface area contributed by atoms with Gasteiger partial charge >= 0.3 is 17.9 Å². The summed E-state index contributed by atoms with van der Waals surface area (Å²) in [4.78, 5) is 38.7. The summed E-state index contributed by atoms with van der Waals surface area (Å²) in [5, 5.41) is 0. The molecule has 31 heavy (non-hydrogen) atoms. The first kappa shape index (κ1) is 21.8. The molecule has 0 saturated carbocycles. The predicted molar refractivity (Wildman–Crippen MR) is 114 cm³/mol. The highest BCUT2D eigenvalue weighted by Gasteiger charge is 2.35. The van der Waals surface area contributed by atoms with Gasteiger partial charge in [0.15, 0.2) is 0 Å². The third-order valence-electron chi connectivity index (χ3n) is 5.02. The molecule has 0 aliphatic carbocycles. The van der Waals surface area contributed by atoms with Gasteiger partial charge in [-0.3, -0.25) is 0 Å². The Bertz CT molecular complexity index is 1020. The Balaban J connectivity index is 2.11. The summed E-state index contributed by atoms with van der Waals surface area (Å²) in [7, 11) is 3.89. The van der Waals surface area contributed by atoms with Gasteiger partial charge in [-0.05, 0) is 36.8 Å². The number of rotatable bonds is 5. The van der Waals surface area contributed by atoms with Gasteiger partial charge in [-0.25, -0.2) is 14.4 Å². The SMILES string of the molecule is COC(=O)C1=CN(c2ccc(C(=O)OC)cc2)C=C(C(=O)OC)C1c1ccc(C)cc1. The lowest BCUT2D eigenvalue weighted by Gasteiger charge is -2.30. The van der Waals surface area contributed by atoms with Crippen molar-refractivity contribution >= 4 is 23.6 Å². The molecule has 0 atom stereocenters. The fraction of sp³-hybridized carbons (Fsp3) is 0.208. The fourth-order valence-electron chi connectivity index (χ4n) is 3.38. The van der Waals surface area contributed by atoms with E-state index in [0.717, 1.165) is 11.1 Å². The summed E-state index contributed by atoms with van der Waals surface area (Å²) in [5.41, 5.74) is 3.41. The van der Waals surface area contributed by atoms with Crippen molar-refractivity contribution in [1.82, 2.24) is 0 Å². The Morgan fingerprint density at radius 1 is 0.710 bits per heavy atom. The van der Waals surface area contributed by atoms with Gasteiger partial charge in [0.2, 0.25) is 0 Å². The minimum absolute atomic E-state index is 0.284. The Morgan fingerprint density at radius 3 is 1.65 bits per heavy atom. The molecule has 1 heterocycles. The number of benzene rings is 2. The first-order valence-corrected chi connectivity index (χ1v) is 9.53. The Morgan fingerprint density at radius 2 is 1.19 bits per heavy atom. The number of ether oxygens (including phenoxy) is 3. The number of methoxy groups -OCH3 is 3. The molecule has 3 rings (SSSR count). The van der Waals surface area contributed by atoms with Crippen LogP contribution in [0.4, 0.5) is 5.69 Å². The van der Waals surface area contributed by atoms with Gasteiger partial charge in [0.05, 0.1) is 44.0 Å². The van der Waals surface area contributed by atoms with E-state index < -0.39 is 23.8 Å². The normalized spacial score (nSPS) is 13.7. The lowest BCUT2D eigenvalue weighted by molar-refractivity contribution is -0.137. The lowest BCUT2D eigenvalue weighted by Crippen LogP contribution is -2.28. The van der Waals surface area contributed by atoms with Gasteiger partial charge in [0, 0.05) is 18.1 Å². The van der Waals surface area contributed by atoms with Gasteiger partial charge in [0.1, 0.15) is 0 Å². The first-order valence-electron chi connectivity index (χ1n) is 9.53. The quantitative estimate of drug-likeness (QED) is 0.540. The van der Waals surface area contributed by atoms with E-state index in [1.165, 1.54) is 21.3 Å². The molecule has 2 aromatic carbocycles. The molecule has 0 bridgehead atoms. The van der Waals surface area contributed by atoms with Crippen LogP contribution in [0.3, 0.4) is 0 Å². The second-order valence-corrected chi connectivity index (χ2v) is 6.94. The molecule has 7 heteroatoms. The van der Waals surface area contributed by atoms with Crippen molar-refractivity contribution in [1.29, 1.82) is 0 Å². The Kier molecular flexibility index (Phi) is 6.55. The number of anilines is 1. The van der Waals surface area contributed by atoms with Crippen LogP contribution in [0.15, 0.2) is 72.1 Å². The van der Waals surface area contributed by atoms with Crippen LogP contribution in [-0.4, -0.2) is 39.2 Å². The van der Waals surface area contributed by atoms with Crippen molar-refractivity contribution in [3.05, 3.63) is 88.8 Å². The van der Waals surface area contributed by atoms with E-state index in [0.29, 0.717) is 11.3 Å². The third kappa shape index (κ3) is 4.50. The summed E-state index contributed by atoms with van der Waals surface area (Å²) in [5.74, 6) is -2.22. The smallest absolute Gasteiger partial charge is 0.337 e. The molecule has 7 nitrogen and oxygen atoms in total. The van der Waals surface area contributed by atoms with Crippen molar-refractivity contribution in [3.8, 4) is 0 Å². The van der Waals surface area contributed by atoms with Crippen LogP contribution in [0.25, 0.3) is 0 Å². The number of hydrogen-bond acceptors (Lipinski definition) is 7. The van der Waals surface area contributed by atoms with Crippen molar-refractivity contribution in [2.45, 2.75) is 12.8 Å². The zero-order chi connectivity index (χ0) is 22.5. The molecule has 0 N–H and O–H groups in total. The van der Waals surface area contributed by atoms with Crippen molar-refractivity contribution in [2.24, 2.45) is 0 Å². The molecule has 0 aromatic heterocycles. The second-order valence-electron chi connectivity index (χ2n) is 6.94. The molecule has 0 saturated heterocycles. The highest BCUT2D eigenvalue weighted by molar-refractivity contribution is 6.00. The summed E-state index contributed by atoms with van der Waals surface area (Å²) < 4.78 is 14.7. The largest absolute Gasteiger partial charge is 0.466 e. The minimum Gasteiger partial charge on any atom is -0.466 e. The van der Waals surface area contributed by atoms with Crippen LogP contribution in [-0.2, 0) is 23.8 Å². The first-order chi connectivity index (χ1) is 14.9. The van der Waals surface area contributed by atoms with E-state index in [1.54, 1.807) is 41.6 Å². The van der Waals surface area contributed by atoms with Gasteiger partial charge in [-0.15, -0.1) is 0 Å². The molecular weight excluding hydrogens is 398 g/mol. The van der Waals surface area contributed by atoms with Crippen LogP contribution in [0.1, 0.15) is 27.4 Å². The van der Waals surface area contributed by atoms with Gasteiger partial charge < -0.3 is 19.1 Å².